The summed E-state index contributed by atoms with van der Waals surface area (Å²) in [6.45, 7) is 0. The molecule has 0 saturated carbocycles. The zero-order valence-corrected chi connectivity index (χ0v) is 8.83. The molecule has 0 spiro atoms. The molecule has 0 radical (unpaired) electrons. The molecular formula is C10H10N2O2S. The summed E-state index contributed by atoms with van der Waals surface area (Å²) in [5, 5.41) is 17.7. The van der Waals surface area contributed by atoms with E-state index in [1.807, 2.05) is 0 Å². The first-order chi connectivity index (χ1) is 7.24. The van der Waals surface area contributed by atoms with Gasteiger partial charge in [-0.25, -0.2) is 9.78 Å². The summed E-state index contributed by atoms with van der Waals surface area (Å²) in [7, 11) is 0. The van der Waals surface area contributed by atoms with Crippen LogP contribution in [0.4, 0.5) is 0 Å². The quantitative estimate of drug-likeness (QED) is 0.610. The summed E-state index contributed by atoms with van der Waals surface area (Å²) in [5.41, 5.74) is 0.191. The zero-order valence-electron chi connectivity index (χ0n) is 8.01. The fraction of sp³-hybridized carbons (Fsp3) is 0.300. The molecule has 0 unspecified atom stereocenters. The molecule has 0 bridgehead atoms. The van der Waals surface area contributed by atoms with Crippen molar-refractivity contribution < 1.29 is 9.90 Å². The molecule has 1 N–H and O–H groups in total. The van der Waals surface area contributed by atoms with Gasteiger partial charge in [0.05, 0.1) is 16.7 Å². The van der Waals surface area contributed by atoms with Gasteiger partial charge >= 0.3 is 5.97 Å². The number of carboxylic acid groups (broad SMARTS) is 1. The summed E-state index contributed by atoms with van der Waals surface area (Å²) < 4.78 is 0. The van der Waals surface area contributed by atoms with Gasteiger partial charge in [0.2, 0.25) is 0 Å². The lowest BCUT2D eigenvalue weighted by Gasteiger charge is -1.99. The second-order valence-corrected chi connectivity index (χ2v) is 3.92. The van der Waals surface area contributed by atoms with Gasteiger partial charge in [-0.2, -0.15) is 5.26 Å². The number of thioether (sulfide) groups is 1. The van der Waals surface area contributed by atoms with Crippen molar-refractivity contribution in [3.8, 4) is 6.07 Å². The standard InChI is InChI=1S/C10H10N2O2S/c11-5-1-2-6-15-9-4-3-8(7-12-9)10(13)14/h3-4,7H,1-2,6H2,(H,13,14). The first kappa shape index (κ1) is 11.5. The highest BCUT2D eigenvalue weighted by Gasteiger charge is 2.02. The summed E-state index contributed by atoms with van der Waals surface area (Å²) >= 11 is 1.53. The number of nitriles is 1. The van der Waals surface area contributed by atoms with Crippen LogP contribution in [0.2, 0.25) is 0 Å². The van der Waals surface area contributed by atoms with E-state index >= 15 is 0 Å². The van der Waals surface area contributed by atoms with E-state index in [1.165, 1.54) is 24.0 Å². The molecule has 5 heteroatoms. The third-order valence-electron chi connectivity index (χ3n) is 1.67. The van der Waals surface area contributed by atoms with Gasteiger partial charge in [-0.05, 0) is 18.6 Å². The molecule has 1 aromatic rings. The predicted octanol–water partition coefficient (Wildman–Crippen LogP) is 2.18. The highest BCUT2D eigenvalue weighted by Crippen LogP contribution is 2.16. The van der Waals surface area contributed by atoms with E-state index in [9.17, 15) is 4.79 Å². The number of aromatic nitrogens is 1. The van der Waals surface area contributed by atoms with Gasteiger partial charge < -0.3 is 5.11 Å². The van der Waals surface area contributed by atoms with Crippen LogP contribution in [0.15, 0.2) is 23.4 Å². The Hall–Kier alpha value is -1.54. The molecule has 4 nitrogen and oxygen atoms in total. The van der Waals surface area contributed by atoms with E-state index < -0.39 is 5.97 Å². The summed E-state index contributed by atoms with van der Waals surface area (Å²) in [4.78, 5) is 14.5. The number of carboxylic acids is 1. The minimum absolute atomic E-state index is 0.191. The van der Waals surface area contributed by atoms with E-state index in [-0.39, 0.29) is 5.56 Å². The van der Waals surface area contributed by atoms with Crippen LogP contribution in [-0.4, -0.2) is 21.8 Å². The van der Waals surface area contributed by atoms with Crippen molar-refractivity contribution in [2.45, 2.75) is 17.9 Å². The number of nitrogens with zero attached hydrogens (tertiary/aromatic N) is 2. The number of hydrogen-bond acceptors (Lipinski definition) is 4. The maximum absolute atomic E-state index is 10.5. The van der Waals surface area contributed by atoms with E-state index in [0.29, 0.717) is 6.42 Å². The van der Waals surface area contributed by atoms with Crippen LogP contribution in [0.1, 0.15) is 23.2 Å². The first-order valence-electron chi connectivity index (χ1n) is 4.43. The number of pyridine rings is 1. The molecule has 1 heterocycles. The molecule has 0 aromatic carbocycles. The Morgan fingerprint density at radius 1 is 1.60 bits per heavy atom. The average Bonchev–Trinajstić information content (AvgIpc) is 2.25. The van der Waals surface area contributed by atoms with Gasteiger partial charge in [0.15, 0.2) is 0 Å². The lowest BCUT2D eigenvalue weighted by Crippen LogP contribution is -1.96. The van der Waals surface area contributed by atoms with Crippen LogP contribution in [0.25, 0.3) is 0 Å². The second kappa shape index (κ2) is 6.04. The largest absolute Gasteiger partial charge is 0.478 e. The zero-order chi connectivity index (χ0) is 11.1. The molecule has 0 saturated heterocycles. The van der Waals surface area contributed by atoms with Gasteiger partial charge in [0.1, 0.15) is 0 Å². The number of rotatable bonds is 5. The molecular weight excluding hydrogens is 212 g/mol. The SMILES string of the molecule is N#CCCCSc1ccc(C(=O)O)cn1. The molecule has 0 aliphatic rings. The Balaban J connectivity index is 2.43. The van der Waals surface area contributed by atoms with Crippen molar-refractivity contribution >= 4 is 17.7 Å². The van der Waals surface area contributed by atoms with Gasteiger partial charge in [-0.1, -0.05) is 0 Å². The van der Waals surface area contributed by atoms with Crippen LogP contribution >= 0.6 is 11.8 Å². The molecule has 0 aliphatic carbocycles. The van der Waals surface area contributed by atoms with E-state index in [1.54, 1.807) is 6.07 Å². The van der Waals surface area contributed by atoms with Crippen LogP contribution in [0.3, 0.4) is 0 Å². The summed E-state index contributed by atoms with van der Waals surface area (Å²) in [6, 6.07) is 5.28. The van der Waals surface area contributed by atoms with Crippen LogP contribution < -0.4 is 0 Å². The van der Waals surface area contributed by atoms with Crippen molar-refractivity contribution in [3.63, 3.8) is 0 Å². The summed E-state index contributed by atoms with van der Waals surface area (Å²) in [6.07, 6.45) is 2.71. The number of hydrogen-bond donors (Lipinski definition) is 1. The van der Waals surface area contributed by atoms with E-state index in [4.69, 9.17) is 10.4 Å². The third kappa shape index (κ3) is 4.00. The van der Waals surface area contributed by atoms with Crippen LogP contribution in [0.5, 0.6) is 0 Å². The molecule has 15 heavy (non-hydrogen) atoms. The molecule has 0 fully saturated rings. The Bertz CT molecular complexity index is 370. The highest BCUT2D eigenvalue weighted by molar-refractivity contribution is 7.99. The van der Waals surface area contributed by atoms with Crippen molar-refractivity contribution in [1.29, 1.82) is 5.26 Å². The van der Waals surface area contributed by atoms with Crippen molar-refractivity contribution in [1.82, 2.24) is 4.98 Å². The number of aromatic carboxylic acids is 1. The monoisotopic (exact) mass is 222 g/mol. The van der Waals surface area contributed by atoms with Crippen molar-refractivity contribution in [2.75, 3.05) is 5.75 Å². The van der Waals surface area contributed by atoms with E-state index in [2.05, 4.69) is 11.1 Å². The van der Waals surface area contributed by atoms with E-state index in [0.717, 1.165) is 17.2 Å². The van der Waals surface area contributed by atoms with Gasteiger partial charge in [-0.3, -0.25) is 0 Å². The summed E-state index contributed by atoms with van der Waals surface area (Å²) in [5.74, 6) is -0.143. The van der Waals surface area contributed by atoms with Crippen molar-refractivity contribution in [2.24, 2.45) is 0 Å². The minimum atomic E-state index is -0.969. The van der Waals surface area contributed by atoms with Crippen LogP contribution in [0, 0.1) is 11.3 Å². The first-order valence-corrected chi connectivity index (χ1v) is 5.41. The van der Waals surface area contributed by atoms with Crippen LogP contribution in [-0.2, 0) is 0 Å². The number of unbranched alkanes of at least 4 members (excludes halogenated alkanes) is 1. The van der Waals surface area contributed by atoms with Crippen molar-refractivity contribution in [3.05, 3.63) is 23.9 Å². The average molecular weight is 222 g/mol. The highest BCUT2D eigenvalue weighted by atomic mass is 32.2. The van der Waals surface area contributed by atoms with Gasteiger partial charge in [-0.15, -0.1) is 11.8 Å². The van der Waals surface area contributed by atoms with Gasteiger partial charge in [0, 0.05) is 18.4 Å². The molecule has 0 atom stereocenters. The maximum atomic E-state index is 10.5. The Labute approximate surface area is 91.9 Å². The molecule has 0 amide bonds. The smallest absolute Gasteiger partial charge is 0.337 e. The molecule has 0 aliphatic heterocycles. The molecule has 1 rings (SSSR count). The fourth-order valence-electron chi connectivity index (χ4n) is 0.920. The lowest BCUT2D eigenvalue weighted by molar-refractivity contribution is 0.0696. The maximum Gasteiger partial charge on any atom is 0.337 e. The normalized spacial score (nSPS) is 9.53. The molecule has 1 aromatic heterocycles. The predicted molar refractivity (Wildman–Crippen MR) is 56.8 cm³/mol. The third-order valence-corrected chi connectivity index (χ3v) is 2.70. The Kier molecular flexibility index (Phi) is 4.64. The fourth-order valence-corrected chi connectivity index (χ4v) is 1.71. The second-order valence-electron chi connectivity index (χ2n) is 2.80. The minimum Gasteiger partial charge on any atom is -0.478 e. The Morgan fingerprint density at radius 3 is 2.93 bits per heavy atom. The topological polar surface area (TPSA) is 74.0 Å². The number of carbonyl (C=O) groups is 1. The molecule has 78 valence electrons. The Morgan fingerprint density at radius 2 is 2.40 bits per heavy atom. The van der Waals surface area contributed by atoms with Gasteiger partial charge in [0.25, 0.3) is 0 Å². The lowest BCUT2D eigenvalue weighted by atomic mass is 10.3.